The first kappa shape index (κ1) is 15.8. The third kappa shape index (κ3) is 4.13. The molecule has 106 valence electrons. The molecule has 0 aliphatic rings. The molecule has 1 atom stereocenters. The monoisotopic (exact) mass is 293 g/mol. The molecule has 19 heavy (non-hydrogen) atoms. The van der Waals surface area contributed by atoms with Gasteiger partial charge in [0.05, 0.1) is 16.1 Å². The molecule has 1 N–H and O–H groups in total. The molecular formula is C13H15ClF3NO. The van der Waals surface area contributed by atoms with E-state index in [0.29, 0.717) is 0 Å². The minimum absolute atomic E-state index is 0.00135. The Hall–Kier alpha value is -1.23. The molecule has 0 fully saturated rings. The second-order valence-electron chi connectivity index (χ2n) is 4.70. The van der Waals surface area contributed by atoms with Crippen LogP contribution >= 0.6 is 11.6 Å². The van der Waals surface area contributed by atoms with Crippen LogP contribution < -0.4 is 5.32 Å². The number of amides is 1. The van der Waals surface area contributed by atoms with Crippen LogP contribution in [0, 0.1) is 5.92 Å². The normalized spacial score (nSPS) is 13.5. The van der Waals surface area contributed by atoms with Gasteiger partial charge < -0.3 is 5.32 Å². The highest BCUT2D eigenvalue weighted by atomic mass is 35.5. The first-order valence-electron chi connectivity index (χ1n) is 5.80. The van der Waals surface area contributed by atoms with Gasteiger partial charge in [-0.25, -0.2) is 0 Å². The van der Waals surface area contributed by atoms with Crippen LogP contribution in [0.5, 0.6) is 0 Å². The number of carbonyl (C=O) groups is 1. The lowest BCUT2D eigenvalue weighted by atomic mass is 10.1. The summed E-state index contributed by atoms with van der Waals surface area (Å²) >= 11 is 5.78. The molecular weight excluding hydrogens is 279 g/mol. The maximum absolute atomic E-state index is 12.6. The molecule has 2 nitrogen and oxygen atoms in total. The van der Waals surface area contributed by atoms with Gasteiger partial charge in [-0.05, 0) is 31.0 Å². The van der Waals surface area contributed by atoms with E-state index in [0.717, 1.165) is 18.2 Å². The van der Waals surface area contributed by atoms with E-state index in [-0.39, 0.29) is 22.5 Å². The van der Waals surface area contributed by atoms with Crippen LogP contribution in [0.2, 0.25) is 5.02 Å². The predicted octanol–water partition coefficient (Wildman–Crippen LogP) is 4.13. The number of nitrogens with one attached hydrogen (secondary N) is 1. The number of halogens is 4. The van der Waals surface area contributed by atoms with E-state index in [1.807, 2.05) is 13.8 Å². The molecule has 0 bridgehead atoms. The van der Waals surface area contributed by atoms with E-state index in [4.69, 9.17) is 11.6 Å². The molecule has 0 spiro atoms. The standard InChI is InChI=1S/C13H15ClF3NO/c1-7(2)8(3)18-12(19)10-6-9(13(15,16)17)4-5-11(10)14/h4-8H,1-3H3,(H,18,19). The molecule has 0 saturated carbocycles. The third-order valence-electron chi connectivity index (χ3n) is 2.90. The molecule has 1 aromatic carbocycles. The number of hydrogen-bond acceptors (Lipinski definition) is 1. The Kier molecular flexibility index (Phi) is 4.85. The highest BCUT2D eigenvalue weighted by Crippen LogP contribution is 2.31. The van der Waals surface area contributed by atoms with Gasteiger partial charge in [-0.3, -0.25) is 4.79 Å². The third-order valence-corrected chi connectivity index (χ3v) is 3.23. The Morgan fingerprint density at radius 1 is 1.26 bits per heavy atom. The van der Waals surface area contributed by atoms with Crippen LogP contribution in [0.15, 0.2) is 18.2 Å². The van der Waals surface area contributed by atoms with E-state index in [9.17, 15) is 18.0 Å². The summed E-state index contributed by atoms with van der Waals surface area (Å²) in [5, 5.41) is 2.63. The molecule has 0 radical (unpaired) electrons. The Bertz CT molecular complexity index is 471. The molecule has 0 aliphatic heterocycles. The van der Waals surface area contributed by atoms with Crippen LogP contribution in [0.25, 0.3) is 0 Å². The summed E-state index contributed by atoms with van der Waals surface area (Å²) in [6.07, 6.45) is -4.50. The molecule has 1 unspecified atom stereocenters. The molecule has 1 aromatic rings. The summed E-state index contributed by atoms with van der Waals surface area (Å²) in [4.78, 5) is 11.9. The summed E-state index contributed by atoms with van der Waals surface area (Å²) in [6.45, 7) is 5.58. The van der Waals surface area contributed by atoms with Gasteiger partial charge in [0.1, 0.15) is 0 Å². The number of alkyl halides is 3. The van der Waals surface area contributed by atoms with Gasteiger partial charge in [-0.1, -0.05) is 25.4 Å². The molecule has 0 saturated heterocycles. The van der Waals surface area contributed by atoms with E-state index in [1.54, 1.807) is 6.92 Å². The fourth-order valence-corrected chi connectivity index (χ4v) is 1.53. The zero-order valence-corrected chi connectivity index (χ0v) is 11.6. The lowest BCUT2D eigenvalue weighted by Gasteiger charge is -2.18. The first-order chi connectivity index (χ1) is 8.62. The number of rotatable bonds is 3. The molecule has 1 rings (SSSR count). The fourth-order valence-electron chi connectivity index (χ4n) is 1.33. The van der Waals surface area contributed by atoms with Crippen LogP contribution in [0.3, 0.4) is 0 Å². The van der Waals surface area contributed by atoms with E-state index < -0.39 is 17.6 Å². The van der Waals surface area contributed by atoms with Gasteiger partial charge in [0, 0.05) is 6.04 Å². The van der Waals surface area contributed by atoms with Crippen molar-refractivity contribution < 1.29 is 18.0 Å². The van der Waals surface area contributed by atoms with Gasteiger partial charge in [0.15, 0.2) is 0 Å². The first-order valence-corrected chi connectivity index (χ1v) is 6.18. The number of benzene rings is 1. The fraction of sp³-hybridized carbons (Fsp3) is 0.462. The van der Waals surface area contributed by atoms with Crippen LogP contribution in [0.1, 0.15) is 36.7 Å². The Morgan fingerprint density at radius 2 is 1.84 bits per heavy atom. The van der Waals surface area contributed by atoms with Crippen molar-refractivity contribution in [2.45, 2.75) is 33.0 Å². The van der Waals surface area contributed by atoms with E-state index in [1.165, 1.54) is 0 Å². The summed E-state index contributed by atoms with van der Waals surface area (Å²) < 4.78 is 37.7. The SMILES string of the molecule is CC(C)C(C)NC(=O)c1cc(C(F)(F)F)ccc1Cl. The molecule has 0 aromatic heterocycles. The van der Waals surface area contributed by atoms with Gasteiger partial charge >= 0.3 is 6.18 Å². The van der Waals surface area contributed by atoms with Gasteiger partial charge in [0.25, 0.3) is 5.91 Å². The van der Waals surface area contributed by atoms with Crippen LogP contribution in [-0.2, 0) is 6.18 Å². The largest absolute Gasteiger partial charge is 0.416 e. The Morgan fingerprint density at radius 3 is 2.32 bits per heavy atom. The summed E-state index contributed by atoms with van der Waals surface area (Å²) in [5.74, 6) is -0.425. The van der Waals surface area contributed by atoms with Crippen molar-refractivity contribution in [3.05, 3.63) is 34.3 Å². The Balaban J connectivity index is 3.03. The van der Waals surface area contributed by atoms with Crippen molar-refractivity contribution in [2.24, 2.45) is 5.92 Å². The lowest BCUT2D eigenvalue weighted by Crippen LogP contribution is -2.36. The van der Waals surface area contributed by atoms with E-state index >= 15 is 0 Å². The second-order valence-corrected chi connectivity index (χ2v) is 5.11. The van der Waals surface area contributed by atoms with Gasteiger partial charge in [-0.2, -0.15) is 13.2 Å². The van der Waals surface area contributed by atoms with Crippen molar-refractivity contribution in [2.75, 3.05) is 0 Å². The van der Waals surface area contributed by atoms with Crippen molar-refractivity contribution in [1.82, 2.24) is 5.32 Å². The van der Waals surface area contributed by atoms with Crippen LogP contribution in [-0.4, -0.2) is 11.9 Å². The predicted molar refractivity (Wildman–Crippen MR) is 68.2 cm³/mol. The van der Waals surface area contributed by atoms with Crippen molar-refractivity contribution in [3.8, 4) is 0 Å². The van der Waals surface area contributed by atoms with Crippen LogP contribution in [0.4, 0.5) is 13.2 Å². The van der Waals surface area contributed by atoms with Gasteiger partial charge in [0.2, 0.25) is 0 Å². The molecule has 0 aliphatic carbocycles. The minimum atomic E-state index is -4.50. The lowest BCUT2D eigenvalue weighted by molar-refractivity contribution is -0.137. The molecule has 6 heteroatoms. The van der Waals surface area contributed by atoms with E-state index in [2.05, 4.69) is 5.32 Å². The summed E-state index contributed by atoms with van der Waals surface area (Å²) in [6, 6.07) is 2.55. The van der Waals surface area contributed by atoms with Gasteiger partial charge in [-0.15, -0.1) is 0 Å². The topological polar surface area (TPSA) is 29.1 Å². The average molecular weight is 294 g/mol. The Labute approximate surface area is 114 Å². The quantitative estimate of drug-likeness (QED) is 0.892. The minimum Gasteiger partial charge on any atom is -0.349 e. The second kappa shape index (κ2) is 5.82. The highest BCUT2D eigenvalue weighted by molar-refractivity contribution is 6.33. The summed E-state index contributed by atoms with van der Waals surface area (Å²) in [5.41, 5.74) is -1.05. The summed E-state index contributed by atoms with van der Waals surface area (Å²) in [7, 11) is 0. The smallest absolute Gasteiger partial charge is 0.349 e. The molecule has 0 heterocycles. The maximum Gasteiger partial charge on any atom is 0.416 e. The number of hydrogen-bond donors (Lipinski definition) is 1. The van der Waals surface area contributed by atoms with Crippen molar-refractivity contribution in [1.29, 1.82) is 0 Å². The highest BCUT2D eigenvalue weighted by Gasteiger charge is 2.31. The zero-order chi connectivity index (χ0) is 14.8. The van der Waals surface area contributed by atoms with Crippen molar-refractivity contribution >= 4 is 17.5 Å². The average Bonchev–Trinajstić information content (AvgIpc) is 2.27. The molecule has 1 amide bonds. The van der Waals surface area contributed by atoms with Crippen molar-refractivity contribution in [3.63, 3.8) is 0 Å². The maximum atomic E-state index is 12.6. The zero-order valence-electron chi connectivity index (χ0n) is 10.8. The number of carbonyl (C=O) groups excluding carboxylic acids is 1.